The molecule has 1 N–H and O–H groups in total. The van der Waals surface area contributed by atoms with Crippen molar-refractivity contribution in [2.45, 2.75) is 47.5 Å². The summed E-state index contributed by atoms with van der Waals surface area (Å²) in [4.78, 5) is 0. The lowest BCUT2D eigenvalue weighted by molar-refractivity contribution is 0.193. The summed E-state index contributed by atoms with van der Waals surface area (Å²) < 4.78 is 5.04. The van der Waals surface area contributed by atoms with Gasteiger partial charge >= 0.3 is 0 Å². The van der Waals surface area contributed by atoms with E-state index in [1.165, 1.54) is 12.8 Å². The summed E-state index contributed by atoms with van der Waals surface area (Å²) >= 11 is 0. The van der Waals surface area contributed by atoms with E-state index >= 15 is 0 Å². The zero-order valence-electron chi connectivity index (χ0n) is 12.1. The summed E-state index contributed by atoms with van der Waals surface area (Å²) in [5, 5.41) is 3.48. The molecule has 0 saturated carbocycles. The largest absolute Gasteiger partial charge is 0.383 e. The van der Waals surface area contributed by atoms with E-state index in [1.807, 2.05) is 0 Å². The molecule has 0 spiro atoms. The smallest absolute Gasteiger partial charge is 0.0587 e. The summed E-state index contributed by atoms with van der Waals surface area (Å²) in [6.45, 7) is 14.5. The second kappa shape index (κ2) is 8.08. The van der Waals surface area contributed by atoms with Crippen molar-refractivity contribution >= 4 is 0 Å². The van der Waals surface area contributed by atoms with E-state index in [9.17, 15) is 0 Å². The lowest BCUT2D eigenvalue weighted by atomic mass is 9.83. The maximum atomic E-state index is 5.04. The third-order valence-electron chi connectivity index (χ3n) is 3.10. The van der Waals surface area contributed by atoms with Crippen LogP contribution in [0.5, 0.6) is 0 Å². The topological polar surface area (TPSA) is 21.3 Å². The van der Waals surface area contributed by atoms with Crippen LogP contribution in [-0.4, -0.2) is 26.8 Å². The second-order valence-corrected chi connectivity index (χ2v) is 6.30. The second-order valence-electron chi connectivity index (χ2n) is 6.30. The SMILES string of the molecule is COCCNCC(CCC(C)(C)C)C(C)C. The van der Waals surface area contributed by atoms with Crippen LogP contribution < -0.4 is 5.32 Å². The van der Waals surface area contributed by atoms with Crippen molar-refractivity contribution in [2.75, 3.05) is 26.8 Å². The average molecular weight is 229 g/mol. The molecule has 0 radical (unpaired) electrons. The van der Waals surface area contributed by atoms with Gasteiger partial charge in [-0.05, 0) is 36.6 Å². The van der Waals surface area contributed by atoms with Crippen molar-refractivity contribution in [3.8, 4) is 0 Å². The van der Waals surface area contributed by atoms with Crippen LogP contribution in [0.2, 0.25) is 0 Å². The predicted octanol–water partition coefficient (Wildman–Crippen LogP) is 3.32. The van der Waals surface area contributed by atoms with Gasteiger partial charge in [-0.1, -0.05) is 34.6 Å². The fourth-order valence-electron chi connectivity index (χ4n) is 1.75. The normalized spacial score (nSPS) is 14.4. The van der Waals surface area contributed by atoms with E-state index < -0.39 is 0 Å². The molecular weight excluding hydrogens is 198 g/mol. The molecule has 0 aliphatic heterocycles. The molecule has 0 rings (SSSR count). The number of rotatable bonds is 8. The highest BCUT2D eigenvalue weighted by atomic mass is 16.5. The molecule has 0 amide bonds. The van der Waals surface area contributed by atoms with Crippen molar-refractivity contribution in [1.29, 1.82) is 0 Å². The first kappa shape index (κ1) is 15.9. The van der Waals surface area contributed by atoms with Gasteiger partial charge in [0, 0.05) is 13.7 Å². The Bertz CT molecular complexity index is 161. The first-order valence-corrected chi connectivity index (χ1v) is 6.56. The Kier molecular flexibility index (Phi) is 8.04. The van der Waals surface area contributed by atoms with Crippen molar-refractivity contribution in [2.24, 2.45) is 17.3 Å². The molecule has 0 fully saturated rings. The molecule has 2 nitrogen and oxygen atoms in total. The zero-order chi connectivity index (χ0) is 12.6. The Hall–Kier alpha value is -0.0800. The van der Waals surface area contributed by atoms with Gasteiger partial charge in [0.1, 0.15) is 0 Å². The monoisotopic (exact) mass is 229 g/mol. The van der Waals surface area contributed by atoms with Gasteiger partial charge < -0.3 is 10.1 Å². The maximum Gasteiger partial charge on any atom is 0.0587 e. The minimum Gasteiger partial charge on any atom is -0.383 e. The van der Waals surface area contributed by atoms with Gasteiger partial charge in [-0.15, -0.1) is 0 Å². The van der Waals surface area contributed by atoms with Crippen LogP contribution in [0.4, 0.5) is 0 Å². The number of nitrogens with one attached hydrogen (secondary N) is 1. The van der Waals surface area contributed by atoms with Crippen molar-refractivity contribution in [3.63, 3.8) is 0 Å². The van der Waals surface area contributed by atoms with Crippen LogP contribution in [0, 0.1) is 17.3 Å². The Morgan fingerprint density at radius 3 is 2.25 bits per heavy atom. The van der Waals surface area contributed by atoms with Crippen LogP contribution in [-0.2, 0) is 4.74 Å². The van der Waals surface area contributed by atoms with Gasteiger partial charge in [-0.3, -0.25) is 0 Å². The molecule has 0 saturated heterocycles. The van der Waals surface area contributed by atoms with Crippen LogP contribution >= 0.6 is 0 Å². The van der Waals surface area contributed by atoms with Crippen LogP contribution in [0.1, 0.15) is 47.5 Å². The van der Waals surface area contributed by atoms with Gasteiger partial charge in [0.25, 0.3) is 0 Å². The summed E-state index contributed by atoms with van der Waals surface area (Å²) in [5.41, 5.74) is 0.458. The number of ether oxygens (including phenoxy) is 1. The van der Waals surface area contributed by atoms with Gasteiger partial charge in [-0.2, -0.15) is 0 Å². The molecule has 0 aliphatic rings. The first-order valence-electron chi connectivity index (χ1n) is 6.56. The molecular formula is C14H31NO. The zero-order valence-corrected chi connectivity index (χ0v) is 12.1. The fraction of sp³-hybridized carbons (Fsp3) is 1.00. The van der Waals surface area contributed by atoms with E-state index in [0.29, 0.717) is 5.41 Å². The van der Waals surface area contributed by atoms with Crippen molar-refractivity contribution in [3.05, 3.63) is 0 Å². The van der Waals surface area contributed by atoms with E-state index in [4.69, 9.17) is 4.74 Å². The number of hydrogen-bond donors (Lipinski definition) is 1. The molecule has 1 atom stereocenters. The molecule has 0 aromatic carbocycles. The Morgan fingerprint density at radius 2 is 1.81 bits per heavy atom. The number of methoxy groups -OCH3 is 1. The average Bonchev–Trinajstić information content (AvgIpc) is 2.14. The molecule has 0 aromatic heterocycles. The van der Waals surface area contributed by atoms with Crippen LogP contribution in [0.25, 0.3) is 0 Å². The molecule has 1 unspecified atom stereocenters. The van der Waals surface area contributed by atoms with Crippen molar-refractivity contribution in [1.82, 2.24) is 5.32 Å². The van der Waals surface area contributed by atoms with Gasteiger partial charge in [0.2, 0.25) is 0 Å². The van der Waals surface area contributed by atoms with Gasteiger partial charge in [0.05, 0.1) is 6.61 Å². The summed E-state index contributed by atoms with van der Waals surface area (Å²) in [6, 6.07) is 0. The molecule has 0 bridgehead atoms. The first-order chi connectivity index (χ1) is 7.37. The number of hydrogen-bond acceptors (Lipinski definition) is 2. The highest BCUT2D eigenvalue weighted by Gasteiger charge is 2.17. The molecule has 16 heavy (non-hydrogen) atoms. The maximum absolute atomic E-state index is 5.04. The Morgan fingerprint density at radius 1 is 1.19 bits per heavy atom. The Labute approximate surface area is 102 Å². The lowest BCUT2D eigenvalue weighted by Gasteiger charge is -2.26. The summed E-state index contributed by atoms with van der Waals surface area (Å²) in [5.74, 6) is 1.55. The van der Waals surface area contributed by atoms with E-state index in [0.717, 1.165) is 31.5 Å². The quantitative estimate of drug-likeness (QED) is 0.645. The summed E-state index contributed by atoms with van der Waals surface area (Å²) in [6.07, 6.45) is 2.63. The van der Waals surface area contributed by atoms with Crippen LogP contribution in [0.3, 0.4) is 0 Å². The molecule has 2 heteroatoms. The van der Waals surface area contributed by atoms with Crippen molar-refractivity contribution < 1.29 is 4.74 Å². The minimum absolute atomic E-state index is 0.458. The highest BCUT2D eigenvalue weighted by molar-refractivity contribution is 4.70. The molecule has 98 valence electrons. The third-order valence-corrected chi connectivity index (χ3v) is 3.10. The fourth-order valence-corrected chi connectivity index (χ4v) is 1.75. The minimum atomic E-state index is 0.458. The van der Waals surface area contributed by atoms with Crippen LogP contribution in [0.15, 0.2) is 0 Å². The van der Waals surface area contributed by atoms with Gasteiger partial charge in [-0.25, -0.2) is 0 Å². The highest BCUT2D eigenvalue weighted by Crippen LogP contribution is 2.26. The predicted molar refractivity (Wildman–Crippen MR) is 71.8 cm³/mol. The standard InChI is InChI=1S/C14H31NO/c1-12(2)13(7-8-14(3,4)5)11-15-9-10-16-6/h12-13,15H,7-11H2,1-6H3. The Balaban J connectivity index is 3.80. The van der Waals surface area contributed by atoms with E-state index in [1.54, 1.807) is 7.11 Å². The molecule has 0 aliphatic carbocycles. The third kappa shape index (κ3) is 9.17. The van der Waals surface area contributed by atoms with Gasteiger partial charge in [0.15, 0.2) is 0 Å². The molecule has 0 heterocycles. The molecule has 0 aromatic rings. The summed E-state index contributed by atoms with van der Waals surface area (Å²) in [7, 11) is 1.75. The van der Waals surface area contributed by atoms with E-state index in [2.05, 4.69) is 39.9 Å². The van der Waals surface area contributed by atoms with E-state index in [-0.39, 0.29) is 0 Å². The lowest BCUT2D eigenvalue weighted by Crippen LogP contribution is -2.29.